The van der Waals surface area contributed by atoms with Crippen LogP contribution in [-0.4, -0.2) is 40.8 Å². The zero-order chi connectivity index (χ0) is 16.2. The van der Waals surface area contributed by atoms with Crippen LogP contribution in [0.3, 0.4) is 0 Å². The van der Waals surface area contributed by atoms with Crippen LogP contribution < -0.4 is 5.32 Å². The van der Waals surface area contributed by atoms with Crippen molar-refractivity contribution >= 4 is 11.8 Å². The lowest BCUT2D eigenvalue weighted by Crippen LogP contribution is -2.44. The fourth-order valence-corrected chi connectivity index (χ4v) is 2.47. The molecule has 0 aromatic heterocycles. The predicted octanol–water partition coefficient (Wildman–Crippen LogP) is 2.99. The molecule has 2 N–H and O–H groups in total. The number of carbonyl (C=O) groups excluding carboxylic acids is 1. The first-order chi connectivity index (χ1) is 10.4. The smallest absolute Gasteiger partial charge is 0.410 e. The van der Waals surface area contributed by atoms with E-state index in [1.807, 2.05) is 45.0 Å². The van der Waals surface area contributed by atoms with Crippen LogP contribution in [0.25, 0.3) is 0 Å². The van der Waals surface area contributed by atoms with E-state index in [0.717, 1.165) is 24.1 Å². The van der Waals surface area contributed by atoms with Crippen molar-refractivity contribution in [1.29, 1.82) is 0 Å². The van der Waals surface area contributed by atoms with Crippen LogP contribution in [0.15, 0.2) is 24.3 Å². The molecule has 1 amide bonds. The van der Waals surface area contributed by atoms with Crippen LogP contribution >= 0.6 is 0 Å². The molecule has 0 unspecified atom stereocenters. The first kappa shape index (κ1) is 16.6. The molecule has 0 spiro atoms. The van der Waals surface area contributed by atoms with E-state index in [0.29, 0.717) is 19.1 Å². The highest BCUT2D eigenvalue weighted by atomic mass is 16.6. The van der Waals surface area contributed by atoms with Gasteiger partial charge in [-0.25, -0.2) is 4.79 Å². The van der Waals surface area contributed by atoms with Gasteiger partial charge >= 0.3 is 6.09 Å². The lowest BCUT2D eigenvalue weighted by atomic mass is 10.0. The van der Waals surface area contributed by atoms with E-state index in [9.17, 15) is 4.79 Å². The summed E-state index contributed by atoms with van der Waals surface area (Å²) in [4.78, 5) is 13.8. The number of ether oxygens (including phenoxy) is 1. The Morgan fingerprint density at radius 1 is 1.27 bits per heavy atom. The summed E-state index contributed by atoms with van der Waals surface area (Å²) in [5.74, 6) is 0. The average molecular weight is 306 g/mol. The van der Waals surface area contributed by atoms with E-state index in [-0.39, 0.29) is 12.7 Å². The number of nitrogens with one attached hydrogen (secondary N) is 1. The molecule has 0 saturated carbocycles. The molecule has 1 fully saturated rings. The van der Waals surface area contributed by atoms with E-state index >= 15 is 0 Å². The second-order valence-electron chi connectivity index (χ2n) is 6.74. The van der Waals surface area contributed by atoms with Gasteiger partial charge in [-0.15, -0.1) is 0 Å². The SMILES string of the molecule is CC(C)(C)OC(=O)N1CCC(Nc2ccc(CO)cc2)CC1. The molecule has 1 saturated heterocycles. The van der Waals surface area contributed by atoms with Gasteiger partial charge in [0.1, 0.15) is 5.60 Å². The number of aliphatic hydroxyl groups is 1. The molecule has 1 aromatic rings. The van der Waals surface area contributed by atoms with Crippen molar-refractivity contribution in [2.45, 2.75) is 51.9 Å². The van der Waals surface area contributed by atoms with Crippen molar-refractivity contribution in [1.82, 2.24) is 4.90 Å². The summed E-state index contributed by atoms with van der Waals surface area (Å²) in [7, 11) is 0. The maximum Gasteiger partial charge on any atom is 0.410 e. The third-order valence-corrected chi connectivity index (χ3v) is 3.65. The molecule has 5 nitrogen and oxygen atoms in total. The van der Waals surface area contributed by atoms with Crippen molar-refractivity contribution < 1.29 is 14.6 Å². The summed E-state index contributed by atoms with van der Waals surface area (Å²) in [6, 6.07) is 8.15. The maximum atomic E-state index is 12.0. The van der Waals surface area contributed by atoms with E-state index in [2.05, 4.69) is 5.32 Å². The molecule has 5 heteroatoms. The predicted molar refractivity (Wildman–Crippen MR) is 86.8 cm³/mol. The summed E-state index contributed by atoms with van der Waals surface area (Å²) in [6.45, 7) is 7.14. The van der Waals surface area contributed by atoms with Crippen molar-refractivity contribution in [3.63, 3.8) is 0 Å². The number of carbonyl (C=O) groups is 1. The number of hydrogen-bond acceptors (Lipinski definition) is 4. The molecule has 1 aliphatic heterocycles. The van der Waals surface area contributed by atoms with Crippen molar-refractivity contribution in [3.05, 3.63) is 29.8 Å². The van der Waals surface area contributed by atoms with Gasteiger partial charge in [-0.2, -0.15) is 0 Å². The highest BCUT2D eigenvalue weighted by Crippen LogP contribution is 2.19. The number of benzene rings is 1. The Kier molecular flexibility index (Phi) is 5.29. The Hall–Kier alpha value is -1.75. The summed E-state index contributed by atoms with van der Waals surface area (Å²) >= 11 is 0. The minimum absolute atomic E-state index is 0.0640. The molecular weight excluding hydrogens is 280 g/mol. The first-order valence-corrected chi connectivity index (χ1v) is 7.81. The molecule has 0 radical (unpaired) electrons. The van der Waals surface area contributed by atoms with Gasteiger partial charge in [0.05, 0.1) is 6.61 Å². The Morgan fingerprint density at radius 2 is 1.86 bits per heavy atom. The molecule has 0 bridgehead atoms. The number of nitrogens with zero attached hydrogens (tertiary/aromatic N) is 1. The molecular formula is C17H26N2O3. The first-order valence-electron chi connectivity index (χ1n) is 7.81. The average Bonchev–Trinajstić information content (AvgIpc) is 2.47. The minimum atomic E-state index is -0.444. The van der Waals surface area contributed by atoms with Crippen LogP contribution in [0.4, 0.5) is 10.5 Å². The summed E-state index contributed by atoms with van der Waals surface area (Å²) in [5, 5.41) is 12.5. The number of aliphatic hydroxyl groups excluding tert-OH is 1. The van der Waals surface area contributed by atoms with Gasteiger partial charge in [0.25, 0.3) is 0 Å². The molecule has 0 atom stereocenters. The Balaban J connectivity index is 1.80. The van der Waals surface area contributed by atoms with Crippen molar-refractivity contribution in [3.8, 4) is 0 Å². The highest BCUT2D eigenvalue weighted by molar-refractivity contribution is 5.68. The topological polar surface area (TPSA) is 61.8 Å². The monoisotopic (exact) mass is 306 g/mol. The van der Waals surface area contributed by atoms with Crippen LogP contribution in [-0.2, 0) is 11.3 Å². The van der Waals surface area contributed by atoms with E-state index in [1.165, 1.54) is 0 Å². The Morgan fingerprint density at radius 3 is 2.36 bits per heavy atom. The fraction of sp³-hybridized carbons (Fsp3) is 0.588. The van der Waals surface area contributed by atoms with E-state index in [1.54, 1.807) is 4.90 Å². The minimum Gasteiger partial charge on any atom is -0.444 e. The zero-order valence-electron chi connectivity index (χ0n) is 13.6. The number of hydrogen-bond donors (Lipinski definition) is 2. The molecule has 1 aliphatic rings. The highest BCUT2D eigenvalue weighted by Gasteiger charge is 2.26. The standard InChI is InChI=1S/C17H26N2O3/c1-17(2,3)22-16(21)19-10-8-15(9-11-19)18-14-6-4-13(12-20)5-7-14/h4-7,15,18,20H,8-12H2,1-3H3. The quantitative estimate of drug-likeness (QED) is 0.901. The molecule has 1 aromatic carbocycles. The fourth-order valence-electron chi connectivity index (χ4n) is 2.47. The van der Waals surface area contributed by atoms with Gasteiger partial charge in [-0.1, -0.05) is 12.1 Å². The van der Waals surface area contributed by atoms with Crippen LogP contribution in [0.1, 0.15) is 39.2 Å². The van der Waals surface area contributed by atoms with E-state index < -0.39 is 5.60 Å². The lowest BCUT2D eigenvalue weighted by Gasteiger charge is -2.34. The lowest BCUT2D eigenvalue weighted by molar-refractivity contribution is 0.0210. The Bertz CT molecular complexity index is 486. The largest absolute Gasteiger partial charge is 0.444 e. The summed E-state index contributed by atoms with van der Waals surface area (Å²) < 4.78 is 5.40. The van der Waals surface area contributed by atoms with Gasteiger partial charge in [-0.3, -0.25) is 0 Å². The number of likely N-dealkylation sites (tertiary alicyclic amines) is 1. The molecule has 122 valence electrons. The molecule has 0 aliphatic carbocycles. The maximum absolute atomic E-state index is 12.0. The Labute approximate surface area is 132 Å². The molecule has 2 rings (SSSR count). The van der Waals surface area contributed by atoms with Gasteiger partial charge in [0, 0.05) is 24.8 Å². The third-order valence-electron chi connectivity index (χ3n) is 3.65. The zero-order valence-corrected chi connectivity index (χ0v) is 13.6. The van der Waals surface area contributed by atoms with Gasteiger partial charge in [0.15, 0.2) is 0 Å². The van der Waals surface area contributed by atoms with Gasteiger partial charge in [-0.05, 0) is 51.3 Å². The van der Waals surface area contributed by atoms with Gasteiger partial charge < -0.3 is 20.1 Å². The number of rotatable bonds is 3. The summed E-state index contributed by atoms with van der Waals surface area (Å²) in [6.07, 6.45) is 1.58. The number of amides is 1. The second-order valence-corrected chi connectivity index (χ2v) is 6.74. The van der Waals surface area contributed by atoms with Crippen LogP contribution in [0, 0.1) is 0 Å². The van der Waals surface area contributed by atoms with Gasteiger partial charge in [0.2, 0.25) is 0 Å². The van der Waals surface area contributed by atoms with E-state index in [4.69, 9.17) is 9.84 Å². The van der Waals surface area contributed by atoms with Crippen LogP contribution in [0.2, 0.25) is 0 Å². The van der Waals surface area contributed by atoms with Crippen LogP contribution in [0.5, 0.6) is 0 Å². The van der Waals surface area contributed by atoms with Crippen molar-refractivity contribution in [2.24, 2.45) is 0 Å². The number of piperidine rings is 1. The third kappa shape index (κ3) is 4.91. The number of anilines is 1. The normalized spacial score (nSPS) is 16.5. The molecule has 22 heavy (non-hydrogen) atoms. The van der Waals surface area contributed by atoms with Crippen molar-refractivity contribution in [2.75, 3.05) is 18.4 Å². The second kappa shape index (κ2) is 7.01. The summed E-state index contributed by atoms with van der Waals surface area (Å²) in [5.41, 5.74) is 1.51. The molecule has 1 heterocycles.